The van der Waals surface area contributed by atoms with Gasteiger partial charge in [-0.1, -0.05) is 146 Å². The fourth-order valence-corrected chi connectivity index (χ4v) is 8.15. The van der Waals surface area contributed by atoms with E-state index in [4.69, 9.17) is 8.83 Å². The minimum absolute atomic E-state index is 0.833. The number of fused-ring (bicyclic) bond motifs is 7. The van der Waals surface area contributed by atoms with E-state index in [1.54, 1.807) is 0 Å². The summed E-state index contributed by atoms with van der Waals surface area (Å²) in [6.07, 6.45) is 0. The van der Waals surface area contributed by atoms with Crippen molar-refractivity contribution in [1.82, 2.24) is 0 Å². The van der Waals surface area contributed by atoms with Crippen LogP contribution in [-0.4, -0.2) is 0 Å². The second-order valence-corrected chi connectivity index (χ2v) is 14.1. The predicted molar refractivity (Wildman–Crippen MR) is 229 cm³/mol. The lowest BCUT2D eigenvalue weighted by Gasteiger charge is -2.25. The highest BCUT2D eigenvalue weighted by atomic mass is 16.3. The molecular formula is C52H33NO2. The Morgan fingerprint density at radius 1 is 0.291 bits per heavy atom. The van der Waals surface area contributed by atoms with Crippen LogP contribution in [0.5, 0.6) is 0 Å². The lowest BCUT2D eigenvalue weighted by atomic mass is 9.95. The molecule has 0 bridgehead atoms. The summed E-state index contributed by atoms with van der Waals surface area (Å²) in [5, 5.41) is 6.85. The number of hydrogen-bond donors (Lipinski definition) is 0. The first-order chi connectivity index (χ1) is 27.2. The van der Waals surface area contributed by atoms with E-state index in [0.717, 1.165) is 72.1 Å². The molecule has 2 heterocycles. The molecule has 0 atom stereocenters. The average Bonchev–Trinajstić information content (AvgIpc) is 3.84. The molecule has 0 saturated carbocycles. The van der Waals surface area contributed by atoms with Gasteiger partial charge in [0.05, 0.1) is 11.4 Å². The Kier molecular flexibility index (Phi) is 7.17. The summed E-state index contributed by atoms with van der Waals surface area (Å²) in [4.78, 5) is 2.27. The topological polar surface area (TPSA) is 29.5 Å². The maximum atomic E-state index is 6.61. The van der Waals surface area contributed by atoms with Gasteiger partial charge in [-0.25, -0.2) is 0 Å². The van der Waals surface area contributed by atoms with E-state index in [1.807, 2.05) is 24.3 Å². The summed E-state index contributed by atoms with van der Waals surface area (Å²) >= 11 is 0. The molecule has 0 spiro atoms. The maximum Gasteiger partial charge on any atom is 0.159 e. The number of furan rings is 2. The lowest BCUT2D eigenvalue weighted by Crippen LogP contribution is -2.10. The molecular weight excluding hydrogens is 671 g/mol. The van der Waals surface area contributed by atoms with Crippen LogP contribution in [0, 0.1) is 0 Å². The van der Waals surface area contributed by atoms with Crippen LogP contribution in [0.25, 0.3) is 88.0 Å². The number of hydrogen-bond acceptors (Lipinski definition) is 3. The van der Waals surface area contributed by atoms with E-state index in [0.29, 0.717) is 0 Å². The minimum atomic E-state index is 0.833. The van der Waals surface area contributed by atoms with Crippen LogP contribution in [0.2, 0.25) is 0 Å². The first-order valence-corrected chi connectivity index (χ1v) is 18.7. The van der Waals surface area contributed by atoms with Gasteiger partial charge in [0.2, 0.25) is 0 Å². The fourth-order valence-electron chi connectivity index (χ4n) is 8.15. The zero-order valence-corrected chi connectivity index (χ0v) is 29.8. The lowest BCUT2D eigenvalue weighted by molar-refractivity contribution is 0.666. The quantitative estimate of drug-likeness (QED) is 0.173. The van der Waals surface area contributed by atoms with Gasteiger partial charge < -0.3 is 13.7 Å². The van der Waals surface area contributed by atoms with Gasteiger partial charge in [0.25, 0.3) is 0 Å². The molecule has 0 saturated heterocycles. The molecule has 258 valence electrons. The van der Waals surface area contributed by atoms with E-state index in [9.17, 15) is 0 Å². The summed E-state index contributed by atoms with van der Waals surface area (Å²) in [6, 6.07) is 70.9. The van der Waals surface area contributed by atoms with Gasteiger partial charge in [-0.3, -0.25) is 0 Å². The van der Waals surface area contributed by atoms with Crippen molar-refractivity contribution in [3.8, 4) is 33.4 Å². The predicted octanol–water partition coefficient (Wildman–Crippen LogP) is 15.1. The summed E-state index contributed by atoms with van der Waals surface area (Å²) in [6.45, 7) is 0. The largest absolute Gasteiger partial charge is 0.454 e. The molecule has 11 aromatic rings. The van der Waals surface area contributed by atoms with Crippen molar-refractivity contribution in [2.45, 2.75) is 0 Å². The summed E-state index contributed by atoms with van der Waals surface area (Å²) in [7, 11) is 0. The van der Waals surface area contributed by atoms with Crippen LogP contribution in [0.3, 0.4) is 0 Å². The van der Waals surface area contributed by atoms with Crippen molar-refractivity contribution in [3.05, 3.63) is 200 Å². The zero-order valence-electron chi connectivity index (χ0n) is 29.8. The fraction of sp³-hybridized carbons (Fsp3) is 0. The van der Waals surface area contributed by atoms with Crippen LogP contribution in [0.1, 0.15) is 0 Å². The Balaban J connectivity index is 1.01. The van der Waals surface area contributed by atoms with Crippen molar-refractivity contribution >= 4 is 71.7 Å². The van der Waals surface area contributed by atoms with Gasteiger partial charge in [-0.15, -0.1) is 0 Å². The molecule has 9 aromatic carbocycles. The van der Waals surface area contributed by atoms with Crippen LogP contribution in [0.15, 0.2) is 209 Å². The summed E-state index contributed by atoms with van der Waals surface area (Å²) in [5.41, 5.74) is 13.4. The molecule has 3 heteroatoms. The van der Waals surface area contributed by atoms with Crippen molar-refractivity contribution < 1.29 is 8.83 Å². The standard InChI is InChI=1S/C52H33NO2/c1-2-12-36-32-41(26-25-34(36)11-1)40-16-8-15-39(33-40)38-14-7-13-37(31-38)35-27-29-42(30-28-35)53(47-21-9-19-45-43-17-3-5-23-49(43)54-51(45)47)48-22-10-20-46-44-18-4-6-24-50(44)55-52(46)48/h1-33H. The highest BCUT2D eigenvalue weighted by Crippen LogP contribution is 2.46. The monoisotopic (exact) mass is 703 g/mol. The van der Waals surface area contributed by atoms with Gasteiger partial charge in [0.15, 0.2) is 11.2 Å². The Morgan fingerprint density at radius 3 is 1.31 bits per heavy atom. The molecule has 0 radical (unpaired) electrons. The minimum Gasteiger partial charge on any atom is -0.454 e. The highest BCUT2D eigenvalue weighted by molar-refractivity contribution is 6.14. The van der Waals surface area contributed by atoms with Crippen molar-refractivity contribution in [2.24, 2.45) is 0 Å². The van der Waals surface area contributed by atoms with Crippen LogP contribution >= 0.6 is 0 Å². The third-order valence-corrected chi connectivity index (χ3v) is 10.8. The maximum absolute atomic E-state index is 6.61. The van der Waals surface area contributed by atoms with E-state index in [2.05, 4.69) is 181 Å². The molecule has 0 aliphatic carbocycles. The molecule has 0 amide bonds. The molecule has 0 fully saturated rings. The van der Waals surface area contributed by atoms with Crippen molar-refractivity contribution in [3.63, 3.8) is 0 Å². The molecule has 0 unspecified atom stereocenters. The Labute approximate surface area is 317 Å². The molecule has 11 rings (SSSR count). The van der Waals surface area contributed by atoms with Crippen molar-refractivity contribution in [1.29, 1.82) is 0 Å². The second-order valence-electron chi connectivity index (χ2n) is 14.1. The van der Waals surface area contributed by atoms with E-state index >= 15 is 0 Å². The normalized spacial score (nSPS) is 11.6. The molecule has 0 N–H and O–H groups in total. The van der Waals surface area contributed by atoms with Crippen LogP contribution in [0.4, 0.5) is 17.1 Å². The third-order valence-electron chi connectivity index (χ3n) is 10.8. The number of benzene rings is 9. The average molecular weight is 704 g/mol. The first kappa shape index (κ1) is 31.2. The van der Waals surface area contributed by atoms with E-state index < -0.39 is 0 Å². The summed E-state index contributed by atoms with van der Waals surface area (Å²) in [5.74, 6) is 0. The number of rotatable bonds is 6. The summed E-state index contributed by atoms with van der Waals surface area (Å²) < 4.78 is 13.2. The van der Waals surface area contributed by atoms with Gasteiger partial charge in [0, 0.05) is 27.2 Å². The smallest absolute Gasteiger partial charge is 0.159 e. The van der Waals surface area contributed by atoms with Crippen molar-refractivity contribution in [2.75, 3.05) is 4.90 Å². The van der Waals surface area contributed by atoms with Gasteiger partial charge in [-0.2, -0.15) is 0 Å². The SMILES string of the molecule is c1cc(-c2ccc(N(c3cccc4c3oc3ccccc34)c3cccc4c3oc3ccccc34)cc2)cc(-c2cccc(-c3ccc4ccccc4c3)c2)c1. The first-order valence-electron chi connectivity index (χ1n) is 18.7. The number of para-hydroxylation sites is 4. The van der Waals surface area contributed by atoms with Gasteiger partial charge in [0.1, 0.15) is 11.2 Å². The molecule has 0 aliphatic rings. The van der Waals surface area contributed by atoms with Gasteiger partial charge in [-0.05, 0) is 98.8 Å². The molecule has 2 aromatic heterocycles. The van der Waals surface area contributed by atoms with E-state index in [-0.39, 0.29) is 0 Å². The second kappa shape index (κ2) is 12.6. The Hall–Kier alpha value is -7.36. The highest BCUT2D eigenvalue weighted by Gasteiger charge is 2.23. The van der Waals surface area contributed by atoms with E-state index in [1.165, 1.54) is 33.0 Å². The molecule has 3 nitrogen and oxygen atoms in total. The third kappa shape index (κ3) is 5.28. The zero-order chi connectivity index (χ0) is 36.3. The molecule has 55 heavy (non-hydrogen) atoms. The number of anilines is 3. The number of nitrogens with zero attached hydrogens (tertiary/aromatic N) is 1. The van der Waals surface area contributed by atoms with Crippen LogP contribution < -0.4 is 4.90 Å². The Morgan fingerprint density at radius 2 is 0.727 bits per heavy atom. The van der Waals surface area contributed by atoms with Crippen LogP contribution in [-0.2, 0) is 0 Å². The Bertz CT molecular complexity index is 3110. The van der Waals surface area contributed by atoms with Gasteiger partial charge >= 0.3 is 0 Å². The molecule has 0 aliphatic heterocycles.